The van der Waals surface area contributed by atoms with Gasteiger partial charge in [-0.3, -0.25) is 4.79 Å². The number of amides is 1. The van der Waals surface area contributed by atoms with Crippen molar-refractivity contribution >= 4 is 17.2 Å². The summed E-state index contributed by atoms with van der Waals surface area (Å²) in [6.07, 6.45) is 2.28. The maximum atomic E-state index is 12.8. The molecule has 2 fully saturated rings. The maximum Gasteiger partial charge on any atom is 0.231 e. The van der Waals surface area contributed by atoms with Crippen molar-refractivity contribution in [3.63, 3.8) is 0 Å². The van der Waals surface area contributed by atoms with E-state index < -0.39 is 0 Å². The Balaban J connectivity index is 1.54. The first-order valence-corrected chi connectivity index (χ1v) is 8.87. The molecule has 0 radical (unpaired) electrons. The van der Waals surface area contributed by atoms with Crippen LogP contribution in [0, 0.1) is 6.92 Å². The van der Waals surface area contributed by atoms with E-state index in [9.17, 15) is 4.79 Å². The van der Waals surface area contributed by atoms with Crippen LogP contribution in [-0.4, -0.2) is 46.2 Å². The van der Waals surface area contributed by atoms with Crippen LogP contribution in [0.2, 0.25) is 0 Å². The van der Waals surface area contributed by atoms with E-state index in [1.807, 2.05) is 28.7 Å². The highest BCUT2D eigenvalue weighted by Crippen LogP contribution is 2.36. The van der Waals surface area contributed by atoms with Gasteiger partial charge in [0.25, 0.3) is 0 Å². The number of carbonyl (C=O) groups is 1. The van der Waals surface area contributed by atoms with E-state index in [4.69, 9.17) is 9.26 Å². The van der Waals surface area contributed by atoms with Gasteiger partial charge in [0.15, 0.2) is 5.82 Å². The van der Waals surface area contributed by atoms with Gasteiger partial charge in [-0.15, -0.1) is 0 Å². The Labute approximate surface area is 138 Å². The number of carbonyl (C=O) groups excluding carboxylic acids is 1. The van der Waals surface area contributed by atoms with E-state index in [1.54, 1.807) is 11.3 Å². The largest absolute Gasteiger partial charge is 0.376 e. The molecular weight excluding hydrogens is 314 g/mol. The Bertz CT molecular complexity index is 685. The van der Waals surface area contributed by atoms with Gasteiger partial charge < -0.3 is 14.2 Å². The minimum Gasteiger partial charge on any atom is -0.376 e. The van der Waals surface area contributed by atoms with Crippen LogP contribution in [0.15, 0.2) is 21.3 Å². The fourth-order valence-electron chi connectivity index (χ4n) is 3.56. The molecule has 4 rings (SSSR count). The Morgan fingerprint density at radius 2 is 2.43 bits per heavy atom. The summed E-state index contributed by atoms with van der Waals surface area (Å²) >= 11 is 1.62. The van der Waals surface area contributed by atoms with Gasteiger partial charge in [-0.2, -0.15) is 16.3 Å². The molecule has 2 aromatic rings. The molecule has 2 aromatic heterocycles. The number of aryl methyl sites for hydroxylation is 1. The zero-order chi connectivity index (χ0) is 15.8. The summed E-state index contributed by atoms with van der Waals surface area (Å²) in [6.45, 7) is 3.16. The highest BCUT2D eigenvalue weighted by atomic mass is 32.1. The first kappa shape index (κ1) is 14.8. The van der Waals surface area contributed by atoms with Gasteiger partial charge in [0.2, 0.25) is 11.8 Å². The molecule has 0 saturated carbocycles. The highest BCUT2D eigenvalue weighted by Gasteiger charge is 2.43. The SMILES string of the molecule is Cc1noc([C@@H]2C[C@H]3OCC[C@H]3N(C(=O)Cc3ccsc3)C2)n1. The lowest BCUT2D eigenvalue weighted by atomic mass is 9.89. The maximum absolute atomic E-state index is 12.8. The Hall–Kier alpha value is -1.73. The van der Waals surface area contributed by atoms with Crippen LogP contribution in [0.3, 0.4) is 0 Å². The average molecular weight is 333 g/mol. The molecule has 0 spiro atoms. The molecule has 122 valence electrons. The van der Waals surface area contributed by atoms with Gasteiger partial charge in [0, 0.05) is 13.2 Å². The number of hydrogen-bond donors (Lipinski definition) is 0. The number of thiophene rings is 1. The van der Waals surface area contributed by atoms with E-state index in [1.165, 1.54) is 0 Å². The molecule has 3 atom stereocenters. The molecule has 2 aliphatic heterocycles. The second kappa shape index (κ2) is 6.05. The molecule has 7 heteroatoms. The van der Waals surface area contributed by atoms with Gasteiger partial charge in [-0.25, -0.2) is 0 Å². The lowest BCUT2D eigenvalue weighted by Gasteiger charge is -2.39. The highest BCUT2D eigenvalue weighted by molar-refractivity contribution is 7.07. The average Bonchev–Trinajstić information content (AvgIpc) is 3.26. The van der Waals surface area contributed by atoms with Crippen molar-refractivity contribution in [1.29, 1.82) is 0 Å². The lowest BCUT2D eigenvalue weighted by Crippen LogP contribution is -2.51. The van der Waals surface area contributed by atoms with E-state index >= 15 is 0 Å². The Morgan fingerprint density at radius 3 is 3.17 bits per heavy atom. The number of hydrogen-bond acceptors (Lipinski definition) is 6. The molecule has 2 aliphatic rings. The zero-order valence-electron chi connectivity index (χ0n) is 13.0. The third-order valence-electron chi connectivity index (χ3n) is 4.66. The second-order valence-corrected chi connectivity index (χ2v) is 7.01. The molecule has 0 N–H and O–H groups in total. The van der Waals surface area contributed by atoms with E-state index in [0.717, 1.165) is 18.4 Å². The Morgan fingerprint density at radius 1 is 1.52 bits per heavy atom. The van der Waals surface area contributed by atoms with Crippen molar-refractivity contribution in [3.05, 3.63) is 34.1 Å². The van der Waals surface area contributed by atoms with Crippen molar-refractivity contribution in [2.24, 2.45) is 0 Å². The van der Waals surface area contributed by atoms with Crippen LogP contribution < -0.4 is 0 Å². The van der Waals surface area contributed by atoms with Crippen LogP contribution in [-0.2, 0) is 16.0 Å². The normalized spacial score (nSPS) is 27.2. The van der Waals surface area contributed by atoms with Gasteiger partial charge >= 0.3 is 0 Å². The van der Waals surface area contributed by atoms with Gasteiger partial charge in [0.05, 0.1) is 24.5 Å². The topological polar surface area (TPSA) is 68.5 Å². The number of rotatable bonds is 3. The van der Waals surface area contributed by atoms with E-state index in [0.29, 0.717) is 31.3 Å². The lowest BCUT2D eigenvalue weighted by molar-refractivity contribution is -0.136. The molecular formula is C16H19N3O3S. The fourth-order valence-corrected chi connectivity index (χ4v) is 4.23. The number of fused-ring (bicyclic) bond motifs is 1. The second-order valence-electron chi connectivity index (χ2n) is 6.23. The van der Waals surface area contributed by atoms with E-state index in [-0.39, 0.29) is 24.0 Å². The minimum absolute atomic E-state index is 0.0574. The number of aromatic nitrogens is 2. The molecule has 1 amide bonds. The van der Waals surface area contributed by atoms with Gasteiger partial charge in [0.1, 0.15) is 0 Å². The van der Waals surface area contributed by atoms with Crippen LogP contribution in [0.25, 0.3) is 0 Å². The van der Waals surface area contributed by atoms with E-state index in [2.05, 4.69) is 10.1 Å². The predicted octanol–water partition coefficient (Wildman–Crippen LogP) is 2.16. The van der Waals surface area contributed by atoms with Crippen molar-refractivity contribution in [3.8, 4) is 0 Å². The quantitative estimate of drug-likeness (QED) is 0.861. The molecule has 0 bridgehead atoms. The smallest absolute Gasteiger partial charge is 0.231 e. The van der Waals surface area contributed by atoms with Crippen LogP contribution in [0.5, 0.6) is 0 Å². The zero-order valence-corrected chi connectivity index (χ0v) is 13.8. The van der Waals surface area contributed by atoms with Crippen LogP contribution >= 0.6 is 11.3 Å². The molecule has 4 heterocycles. The standard InChI is InChI=1S/C16H19N3O3S/c1-10-17-16(22-18-10)12-7-14-13(2-4-21-14)19(8-12)15(20)6-11-3-5-23-9-11/h3,5,9,12-14H,2,4,6-8H2,1H3/t12-,13-,14-/m1/s1. The third kappa shape index (κ3) is 2.90. The summed E-state index contributed by atoms with van der Waals surface area (Å²) in [7, 11) is 0. The summed E-state index contributed by atoms with van der Waals surface area (Å²) in [4.78, 5) is 19.1. The molecule has 23 heavy (non-hydrogen) atoms. The summed E-state index contributed by atoms with van der Waals surface area (Å²) in [5.74, 6) is 1.46. The summed E-state index contributed by atoms with van der Waals surface area (Å²) in [6, 6.07) is 2.19. The first-order valence-electron chi connectivity index (χ1n) is 7.93. The molecule has 0 aromatic carbocycles. The summed E-state index contributed by atoms with van der Waals surface area (Å²) < 4.78 is 11.2. The summed E-state index contributed by atoms with van der Waals surface area (Å²) in [5, 5.41) is 7.91. The number of likely N-dealkylation sites (tertiary alicyclic amines) is 1. The van der Waals surface area contributed by atoms with Crippen molar-refractivity contribution in [2.75, 3.05) is 13.2 Å². The number of ether oxygens (including phenoxy) is 1. The number of nitrogens with zero attached hydrogens (tertiary/aromatic N) is 3. The molecule has 2 saturated heterocycles. The fraction of sp³-hybridized carbons (Fsp3) is 0.562. The van der Waals surface area contributed by atoms with Gasteiger partial charge in [-0.1, -0.05) is 5.16 Å². The Kier molecular flexibility index (Phi) is 3.90. The van der Waals surface area contributed by atoms with Gasteiger partial charge in [-0.05, 0) is 42.2 Å². The van der Waals surface area contributed by atoms with Crippen LogP contribution in [0.1, 0.15) is 36.0 Å². The monoisotopic (exact) mass is 333 g/mol. The van der Waals surface area contributed by atoms with Crippen molar-refractivity contribution < 1.29 is 14.1 Å². The third-order valence-corrected chi connectivity index (χ3v) is 5.39. The minimum atomic E-state index is 0.0574. The molecule has 0 unspecified atom stereocenters. The number of piperidine rings is 1. The van der Waals surface area contributed by atoms with Crippen LogP contribution in [0.4, 0.5) is 0 Å². The van der Waals surface area contributed by atoms with Crippen molar-refractivity contribution in [1.82, 2.24) is 15.0 Å². The predicted molar refractivity (Wildman–Crippen MR) is 84.3 cm³/mol. The molecule has 6 nitrogen and oxygen atoms in total. The van der Waals surface area contributed by atoms with Crippen molar-refractivity contribution in [2.45, 2.75) is 44.2 Å². The first-order chi connectivity index (χ1) is 11.2. The summed E-state index contributed by atoms with van der Waals surface area (Å²) in [5.41, 5.74) is 1.08. The molecule has 0 aliphatic carbocycles.